The molecule has 0 nitrogen and oxygen atoms in total. The van der Waals surface area contributed by atoms with Gasteiger partial charge in [0.25, 0.3) is 6.43 Å². The van der Waals surface area contributed by atoms with Crippen molar-refractivity contribution in [2.45, 2.75) is 6.43 Å². The quantitative estimate of drug-likeness (QED) is 0.662. The molecular formula is C13H7Cl2F3. The van der Waals surface area contributed by atoms with Crippen molar-refractivity contribution in [3.8, 4) is 11.1 Å². The van der Waals surface area contributed by atoms with Crippen LogP contribution in [-0.2, 0) is 0 Å². The molecule has 2 aromatic rings. The molecule has 0 N–H and O–H groups in total. The molecule has 2 rings (SSSR count). The number of halogens is 5. The fraction of sp³-hybridized carbons (Fsp3) is 0.0769. The molecule has 0 aliphatic carbocycles. The maximum Gasteiger partial charge on any atom is 0.267 e. The minimum atomic E-state index is -2.89. The predicted molar refractivity (Wildman–Crippen MR) is 66.8 cm³/mol. The van der Waals surface area contributed by atoms with Crippen LogP contribution >= 0.6 is 23.2 Å². The summed E-state index contributed by atoms with van der Waals surface area (Å²) in [6.45, 7) is 0. The molecule has 0 radical (unpaired) electrons. The average Bonchev–Trinajstić information content (AvgIpc) is 2.32. The van der Waals surface area contributed by atoms with Gasteiger partial charge in [-0.2, -0.15) is 0 Å². The maximum atomic E-state index is 13.4. The van der Waals surface area contributed by atoms with Gasteiger partial charge in [0.15, 0.2) is 0 Å². The van der Waals surface area contributed by atoms with E-state index in [2.05, 4.69) is 0 Å². The summed E-state index contributed by atoms with van der Waals surface area (Å²) in [7, 11) is 0. The van der Waals surface area contributed by atoms with Crippen molar-refractivity contribution in [2.24, 2.45) is 0 Å². The van der Waals surface area contributed by atoms with Crippen LogP contribution in [0.2, 0.25) is 10.0 Å². The van der Waals surface area contributed by atoms with E-state index in [0.717, 1.165) is 6.07 Å². The zero-order valence-corrected chi connectivity index (χ0v) is 10.4. The van der Waals surface area contributed by atoms with E-state index in [1.807, 2.05) is 0 Å². The summed E-state index contributed by atoms with van der Waals surface area (Å²) in [6.07, 6.45) is -2.89. The van der Waals surface area contributed by atoms with E-state index in [1.54, 1.807) is 0 Å². The number of benzene rings is 2. The number of alkyl halides is 2. The zero-order valence-electron chi connectivity index (χ0n) is 8.93. The Balaban J connectivity index is 2.63. The second-order valence-corrected chi connectivity index (χ2v) is 4.45. The van der Waals surface area contributed by atoms with Gasteiger partial charge in [-0.3, -0.25) is 0 Å². The Bertz CT molecular complexity index is 582. The molecule has 0 aliphatic heterocycles. The van der Waals surface area contributed by atoms with Crippen molar-refractivity contribution in [2.75, 3.05) is 0 Å². The molecule has 0 aliphatic rings. The molecule has 0 atom stereocenters. The first kappa shape index (κ1) is 13.2. The van der Waals surface area contributed by atoms with Gasteiger partial charge in [-0.25, -0.2) is 13.2 Å². The zero-order chi connectivity index (χ0) is 13.3. The molecule has 0 fully saturated rings. The highest BCUT2D eigenvalue weighted by atomic mass is 35.5. The van der Waals surface area contributed by atoms with Crippen molar-refractivity contribution < 1.29 is 13.2 Å². The Hall–Kier alpha value is -1.19. The van der Waals surface area contributed by atoms with E-state index in [9.17, 15) is 13.2 Å². The first-order chi connectivity index (χ1) is 8.50. The number of hydrogen-bond donors (Lipinski definition) is 0. The smallest absolute Gasteiger partial charge is 0.206 e. The summed E-state index contributed by atoms with van der Waals surface area (Å²) < 4.78 is 39.1. The predicted octanol–water partition coefficient (Wildman–Crippen LogP) is 5.74. The largest absolute Gasteiger partial charge is 0.267 e. The van der Waals surface area contributed by atoms with E-state index < -0.39 is 17.8 Å². The number of hydrogen-bond acceptors (Lipinski definition) is 0. The molecule has 0 spiro atoms. The van der Waals surface area contributed by atoms with Crippen molar-refractivity contribution in [1.29, 1.82) is 0 Å². The van der Waals surface area contributed by atoms with Crippen molar-refractivity contribution >= 4 is 23.2 Å². The van der Waals surface area contributed by atoms with Gasteiger partial charge >= 0.3 is 0 Å². The van der Waals surface area contributed by atoms with Gasteiger partial charge in [-0.05, 0) is 29.3 Å². The van der Waals surface area contributed by atoms with Gasteiger partial charge in [0.1, 0.15) is 5.82 Å². The lowest BCUT2D eigenvalue weighted by molar-refractivity contribution is 0.147. The van der Waals surface area contributed by atoms with Crippen molar-refractivity contribution in [1.82, 2.24) is 0 Å². The fourth-order valence-corrected chi connectivity index (χ4v) is 1.97. The molecule has 0 amide bonds. The van der Waals surface area contributed by atoms with Gasteiger partial charge in [-0.1, -0.05) is 41.4 Å². The Labute approximate surface area is 112 Å². The lowest BCUT2D eigenvalue weighted by Crippen LogP contribution is -1.95. The molecule has 0 heterocycles. The Morgan fingerprint density at radius 3 is 2.28 bits per heavy atom. The Morgan fingerprint density at radius 1 is 0.944 bits per heavy atom. The molecule has 0 saturated carbocycles. The van der Waals surface area contributed by atoms with E-state index in [0.29, 0.717) is 10.6 Å². The normalized spacial score (nSPS) is 11.0. The van der Waals surface area contributed by atoms with Gasteiger partial charge in [0.2, 0.25) is 0 Å². The molecule has 18 heavy (non-hydrogen) atoms. The Kier molecular flexibility index (Phi) is 3.83. The minimum Gasteiger partial charge on any atom is -0.206 e. The van der Waals surface area contributed by atoms with E-state index in [4.69, 9.17) is 23.2 Å². The highest BCUT2D eigenvalue weighted by Gasteiger charge is 2.19. The summed E-state index contributed by atoms with van der Waals surface area (Å²) in [6, 6.07) is 8.24. The van der Waals surface area contributed by atoms with E-state index >= 15 is 0 Å². The monoisotopic (exact) mass is 290 g/mol. The molecule has 94 valence electrons. The average molecular weight is 291 g/mol. The second kappa shape index (κ2) is 5.21. The van der Waals surface area contributed by atoms with Crippen LogP contribution in [0.5, 0.6) is 0 Å². The molecule has 0 saturated heterocycles. The van der Waals surface area contributed by atoms with E-state index in [-0.39, 0.29) is 10.6 Å². The summed E-state index contributed by atoms with van der Waals surface area (Å²) in [4.78, 5) is 0. The van der Waals surface area contributed by atoms with Gasteiger partial charge in [-0.15, -0.1) is 0 Å². The van der Waals surface area contributed by atoms with E-state index in [1.165, 1.54) is 30.3 Å². The third-order valence-electron chi connectivity index (χ3n) is 2.50. The van der Waals surface area contributed by atoms with Crippen molar-refractivity contribution in [3.63, 3.8) is 0 Å². The topological polar surface area (TPSA) is 0 Å². The van der Waals surface area contributed by atoms with Crippen LogP contribution in [0.15, 0.2) is 36.4 Å². The second-order valence-electron chi connectivity index (χ2n) is 3.63. The standard InChI is InChI=1S/C13H7Cl2F3/c14-9-5-4-7(6-10(9)15)8-2-1-3-11(16)12(8)13(17)18/h1-6,13H. The fourth-order valence-electron chi connectivity index (χ4n) is 1.67. The highest BCUT2D eigenvalue weighted by Crippen LogP contribution is 2.35. The molecule has 0 unspecified atom stereocenters. The molecule has 0 bridgehead atoms. The third kappa shape index (κ3) is 2.47. The van der Waals surface area contributed by atoms with Crippen LogP contribution in [0.1, 0.15) is 12.0 Å². The van der Waals surface area contributed by atoms with Gasteiger partial charge < -0.3 is 0 Å². The minimum absolute atomic E-state index is 0.114. The lowest BCUT2D eigenvalue weighted by Gasteiger charge is -2.10. The van der Waals surface area contributed by atoms with Crippen LogP contribution in [0, 0.1) is 5.82 Å². The maximum absolute atomic E-state index is 13.4. The first-order valence-corrected chi connectivity index (χ1v) is 5.78. The Morgan fingerprint density at radius 2 is 1.67 bits per heavy atom. The summed E-state index contributed by atoms with van der Waals surface area (Å²) in [5, 5.41) is 0.550. The van der Waals surface area contributed by atoms with Crippen LogP contribution in [0.25, 0.3) is 11.1 Å². The van der Waals surface area contributed by atoms with Gasteiger partial charge in [0, 0.05) is 0 Å². The van der Waals surface area contributed by atoms with Gasteiger partial charge in [0.05, 0.1) is 15.6 Å². The first-order valence-electron chi connectivity index (χ1n) is 5.02. The van der Waals surface area contributed by atoms with Crippen molar-refractivity contribution in [3.05, 3.63) is 57.8 Å². The van der Waals surface area contributed by atoms with Crippen LogP contribution in [0.4, 0.5) is 13.2 Å². The summed E-state index contributed by atoms with van der Waals surface area (Å²) >= 11 is 11.6. The number of rotatable bonds is 2. The summed E-state index contributed by atoms with van der Waals surface area (Å²) in [5.41, 5.74) is -0.112. The SMILES string of the molecule is Fc1cccc(-c2ccc(Cl)c(Cl)c2)c1C(F)F. The molecule has 5 heteroatoms. The summed E-state index contributed by atoms with van der Waals surface area (Å²) in [5.74, 6) is -0.937. The third-order valence-corrected chi connectivity index (χ3v) is 3.24. The molecule has 2 aromatic carbocycles. The molecule has 0 aromatic heterocycles. The van der Waals surface area contributed by atoms with Crippen LogP contribution in [-0.4, -0.2) is 0 Å². The van der Waals surface area contributed by atoms with Crippen LogP contribution < -0.4 is 0 Å². The highest BCUT2D eigenvalue weighted by molar-refractivity contribution is 6.42. The molecular weight excluding hydrogens is 284 g/mol. The van der Waals surface area contributed by atoms with Crippen LogP contribution in [0.3, 0.4) is 0 Å². The lowest BCUT2D eigenvalue weighted by atomic mass is 9.99.